The summed E-state index contributed by atoms with van der Waals surface area (Å²) in [6.07, 6.45) is 17.4. The number of ether oxygens (including phenoxy) is 1. The molecule has 0 aromatic heterocycles. The van der Waals surface area contributed by atoms with Crippen LogP contribution in [0.1, 0.15) is 94.1 Å². The Balaban J connectivity index is 1.40. The van der Waals surface area contributed by atoms with Gasteiger partial charge in [-0.3, -0.25) is 0 Å². The highest BCUT2D eigenvalue weighted by atomic mass is 19.1. The second-order valence-corrected chi connectivity index (χ2v) is 9.44. The number of hydrogen-bond donors (Lipinski definition) is 0. The summed E-state index contributed by atoms with van der Waals surface area (Å²) in [6, 6.07) is 3.07. The van der Waals surface area contributed by atoms with E-state index in [9.17, 15) is 8.78 Å². The van der Waals surface area contributed by atoms with Gasteiger partial charge in [0, 0.05) is 12.7 Å². The summed E-state index contributed by atoms with van der Waals surface area (Å²) >= 11 is 0. The molecule has 1 aromatic carbocycles. The monoisotopic (exact) mass is 404 g/mol. The Morgan fingerprint density at radius 3 is 1.83 bits per heavy atom. The number of methoxy groups -OCH3 is 1. The fraction of sp³-hybridized carbons (Fsp3) is 0.692. The normalized spacial score (nSPS) is 27.7. The van der Waals surface area contributed by atoms with Crippen LogP contribution in [0.3, 0.4) is 0 Å². The van der Waals surface area contributed by atoms with Crippen molar-refractivity contribution in [1.29, 1.82) is 0 Å². The van der Waals surface area contributed by atoms with Crippen molar-refractivity contribution in [3.05, 3.63) is 47.5 Å². The lowest BCUT2D eigenvalue weighted by atomic mass is 9.74. The van der Waals surface area contributed by atoms with Crippen LogP contribution >= 0.6 is 0 Å². The average Bonchev–Trinajstić information content (AvgIpc) is 2.74. The molecule has 1 nitrogen and oxygen atoms in total. The van der Waals surface area contributed by atoms with Gasteiger partial charge in [0.15, 0.2) is 0 Å². The fourth-order valence-electron chi connectivity index (χ4n) is 5.56. The van der Waals surface area contributed by atoms with E-state index >= 15 is 0 Å². The molecule has 3 heteroatoms. The zero-order valence-electron chi connectivity index (χ0n) is 18.1. The van der Waals surface area contributed by atoms with E-state index in [2.05, 4.69) is 12.7 Å². The molecule has 29 heavy (non-hydrogen) atoms. The molecule has 0 bridgehead atoms. The third kappa shape index (κ3) is 6.38. The highest BCUT2D eigenvalue weighted by molar-refractivity contribution is 5.28. The van der Waals surface area contributed by atoms with E-state index in [4.69, 9.17) is 4.74 Å². The van der Waals surface area contributed by atoms with Crippen molar-refractivity contribution in [3.63, 3.8) is 0 Å². The molecule has 2 aliphatic rings. The molecule has 2 fully saturated rings. The van der Waals surface area contributed by atoms with Gasteiger partial charge in [0.2, 0.25) is 0 Å². The highest BCUT2D eigenvalue weighted by Gasteiger charge is 2.26. The van der Waals surface area contributed by atoms with Crippen molar-refractivity contribution >= 4 is 0 Å². The lowest BCUT2D eigenvalue weighted by Gasteiger charge is -2.32. The molecule has 0 N–H and O–H groups in total. The summed E-state index contributed by atoms with van der Waals surface area (Å²) in [7, 11) is 1.46. The van der Waals surface area contributed by atoms with Crippen molar-refractivity contribution in [1.82, 2.24) is 0 Å². The highest BCUT2D eigenvalue weighted by Crippen LogP contribution is 2.40. The predicted octanol–water partition coefficient (Wildman–Crippen LogP) is 7.94. The predicted molar refractivity (Wildman–Crippen MR) is 116 cm³/mol. The quantitative estimate of drug-likeness (QED) is 0.380. The van der Waals surface area contributed by atoms with Gasteiger partial charge < -0.3 is 4.74 Å². The SMILES string of the molecule is C=CCC[C@H]1CC[C@H](CCC2CCC(c3cc(F)c(COC)c(F)c3)CC2)CC1. The van der Waals surface area contributed by atoms with E-state index < -0.39 is 11.6 Å². The topological polar surface area (TPSA) is 9.23 Å². The molecule has 0 spiro atoms. The van der Waals surface area contributed by atoms with Gasteiger partial charge in [0.1, 0.15) is 11.6 Å². The van der Waals surface area contributed by atoms with Crippen LogP contribution in [-0.2, 0) is 11.3 Å². The van der Waals surface area contributed by atoms with E-state index in [0.29, 0.717) is 5.92 Å². The summed E-state index contributed by atoms with van der Waals surface area (Å²) in [4.78, 5) is 0. The maximum absolute atomic E-state index is 14.2. The minimum Gasteiger partial charge on any atom is -0.380 e. The molecule has 0 atom stereocenters. The minimum atomic E-state index is -0.465. The van der Waals surface area contributed by atoms with Crippen LogP contribution in [0.25, 0.3) is 0 Å². The molecule has 0 heterocycles. The minimum absolute atomic E-state index is 0.0130. The largest absolute Gasteiger partial charge is 0.380 e. The molecule has 1 aromatic rings. The van der Waals surface area contributed by atoms with E-state index in [-0.39, 0.29) is 12.2 Å². The van der Waals surface area contributed by atoms with Gasteiger partial charge in [-0.25, -0.2) is 8.78 Å². The van der Waals surface area contributed by atoms with Crippen LogP contribution in [0, 0.1) is 29.4 Å². The lowest BCUT2D eigenvalue weighted by molar-refractivity contribution is 0.177. The van der Waals surface area contributed by atoms with E-state index in [1.165, 1.54) is 83.5 Å². The molecular formula is C26H38F2O. The lowest BCUT2D eigenvalue weighted by Crippen LogP contribution is -2.18. The Hall–Kier alpha value is -1.22. The Bertz CT molecular complexity index is 617. The number of allylic oxidation sites excluding steroid dienone is 1. The summed E-state index contributed by atoms with van der Waals surface area (Å²) < 4.78 is 33.4. The first-order chi connectivity index (χ1) is 14.1. The van der Waals surface area contributed by atoms with Gasteiger partial charge >= 0.3 is 0 Å². The zero-order valence-corrected chi connectivity index (χ0v) is 18.1. The Morgan fingerprint density at radius 1 is 0.862 bits per heavy atom. The maximum Gasteiger partial charge on any atom is 0.131 e. The zero-order chi connectivity index (χ0) is 20.6. The van der Waals surface area contributed by atoms with Gasteiger partial charge in [-0.05, 0) is 79.9 Å². The average molecular weight is 405 g/mol. The molecule has 2 aliphatic carbocycles. The third-order valence-electron chi connectivity index (χ3n) is 7.50. The number of halogens is 2. The first-order valence-corrected chi connectivity index (χ1v) is 11.7. The maximum atomic E-state index is 14.2. The first-order valence-electron chi connectivity index (χ1n) is 11.7. The molecule has 2 saturated carbocycles. The van der Waals surface area contributed by atoms with Gasteiger partial charge in [0.05, 0.1) is 6.61 Å². The van der Waals surface area contributed by atoms with Crippen LogP contribution in [0.15, 0.2) is 24.8 Å². The molecule has 0 unspecified atom stereocenters. The smallest absolute Gasteiger partial charge is 0.131 e. The van der Waals surface area contributed by atoms with Crippen LogP contribution in [-0.4, -0.2) is 7.11 Å². The molecule has 0 saturated heterocycles. The molecule has 0 amide bonds. The van der Waals surface area contributed by atoms with E-state index in [1.807, 2.05) is 0 Å². The standard InChI is InChI=1S/C26H38F2O/c1-3-4-5-19-6-8-20(9-7-19)10-11-21-12-14-22(15-13-21)23-16-25(27)24(18-29-2)26(28)17-23/h3,16-17,19-22H,1,4-15,18H2,2H3/t19-,20-,21?,22?. The second kappa shape index (κ2) is 11.2. The number of benzene rings is 1. The van der Waals surface area contributed by atoms with Crippen molar-refractivity contribution < 1.29 is 13.5 Å². The second-order valence-electron chi connectivity index (χ2n) is 9.44. The number of rotatable bonds is 9. The first kappa shape index (κ1) is 22.5. The van der Waals surface area contributed by atoms with E-state index in [1.54, 1.807) is 0 Å². The summed E-state index contributed by atoms with van der Waals surface area (Å²) in [5.74, 6) is 2.01. The fourth-order valence-corrected chi connectivity index (χ4v) is 5.56. The molecule has 0 radical (unpaired) electrons. The molecular weight excluding hydrogens is 366 g/mol. The van der Waals surface area contributed by atoms with Crippen LogP contribution in [0.2, 0.25) is 0 Å². The Kier molecular flexibility index (Phi) is 8.71. The van der Waals surface area contributed by atoms with Crippen molar-refractivity contribution in [2.45, 2.75) is 89.6 Å². The molecule has 162 valence electrons. The van der Waals surface area contributed by atoms with Gasteiger partial charge in [-0.15, -0.1) is 6.58 Å². The van der Waals surface area contributed by atoms with E-state index in [0.717, 1.165) is 36.2 Å². The molecule has 3 rings (SSSR count). The van der Waals surface area contributed by atoms with Gasteiger partial charge in [-0.1, -0.05) is 44.6 Å². The van der Waals surface area contributed by atoms with Gasteiger partial charge in [0.25, 0.3) is 0 Å². The summed E-state index contributed by atoms with van der Waals surface area (Å²) in [5.41, 5.74) is 0.875. The van der Waals surface area contributed by atoms with Crippen LogP contribution in [0.5, 0.6) is 0 Å². The Morgan fingerprint density at radius 2 is 1.34 bits per heavy atom. The third-order valence-corrected chi connectivity index (χ3v) is 7.50. The van der Waals surface area contributed by atoms with Crippen LogP contribution < -0.4 is 0 Å². The van der Waals surface area contributed by atoms with Crippen molar-refractivity contribution in [3.8, 4) is 0 Å². The summed E-state index contributed by atoms with van der Waals surface area (Å²) in [6.45, 7) is 3.83. The van der Waals surface area contributed by atoms with Gasteiger partial charge in [-0.2, -0.15) is 0 Å². The Labute approximate surface area is 175 Å². The van der Waals surface area contributed by atoms with Crippen LogP contribution in [0.4, 0.5) is 8.78 Å². The van der Waals surface area contributed by atoms with Crippen molar-refractivity contribution in [2.75, 3.05) is 7.11 Å². The summed E-state index contributed by atoms with van der Waals surface area (Å²) in [5, 5.41) is 0. The number of hydrogen-bond acceptors (Lipinski definition) is 1. The molecule has 0 aliphatic heterocycles. The van der Waals surface area contributed by atoms with Crippen molar-refractivity contribution in [2.24, 2.45) is 17.8 Å².